The third kappa shape index (κ3) is 2.02. The summed E-state index contributed by atoms with van der Waals surface area (Å²) in [4.78, 5) is 21.6. The Morgan fingerprint density at radius 3 is 2.35 bits per heavy atom. The monoisotopic (exact) mass is 288 g/mol. The maximum Gasteiger partial charge on any atom is 0.419 e. The predicted octanol–water partition coefficient (Wildman–Crippen LogP) is 1.44. The van der Waals surface area contributed by atoms with Crippen LogP contribution in [0.4, 0.5) is 23.9 Å². The Balaban J connectivity index is 1.75. The highest BCUT2D eigenvalue weighted by molar-refractivity contribution is 5.67. The first-order chi connectivity index (χ1) is 9.36. The lowest BCUT2D eigenvalue weighted by molar-refractivity contribution is -0.138. The van der Waals surface area contributed by atoms with Crippen LogP contribution in [0.25, 0.3) is 0 Å². The van der Waals surface area contributed by atoms with Crippen LogP contribution < -0.4 is 4.90 Å². The van der Waals surface area contributed by atoms with Gasteiger partial charge in [-0.05, 0) is 6.42 Å². The molecule has 0 aromatic carbocycles. The van der Waals surface area contributed by atoms with Gasteiger partial charge in [-0.1, -0.05) is 0 Å². The largest absolute Gasteiger partial charge is 0.465 e. The fourth-order valence-corrected chi connectivity index (χ4v) is 2.76. The van der Waals surface area contributed by atoms with E-state index < -0.39 is 17.8 Å². The first-order valence-corrected chi connectivity index (χ1v) is 6.01. The van der Waals surface area contributed by atoms with Crippen molar-refractivity contribution in [1.29, 1.82) is 0 Å². The van der Waals surface area contributed by atoms with Crippen LogP contribution >= 0.6 is 0 Å². The molecule has 1 amide bonds. The predicted molar refractivity (Wildman–Crippen MR) is 61.3 cm³/mol. The summed E-state index contributed by atoms with van der Waals surface area (Å²) in [5, 5.41) is 8.97. The van der Waals surface area contributed by atoms with Crippen LogP contribution in [0, 0.1) is 0 Å². The number of rotatable bonds is 1. The molecule has 1 aromatic heterocycles. The van der Waals surface area contributed by atoms with E-state index in [2.05, 4.69) is 9.97 Å². The molecule has 0 radical (unpaired) electrons. The summed E-state index contributed by atoms with van der Waals surface area (Å²) in [6, 6.07) is -0.198. The molecule has 1 aromatic rings. The molecule has 9 heteroatoms. The van der Waals surface area contributed by atoms with Crippen LogP contribution in [-0.4, -0.2) is 51.2 Å². The number of halogens is 3. The van der Waals surface area contributed by atoms with Crippen molar-refractivity contribution in [2.45, 2.75) is 24.7 Å². The Morgan fingerprint density at radius 2 is 1.90 bits per heavy atom. The van der Waals surface area contributed by atoms with Crippen LogP contribution in [0.2, 0.25) is 0 Å². The lowest BCUT2D eigenvalue weighted by atomic mass is 10.2. The van der Waals surface area contributed by atoms with Gasteiger partial charge in [0.25, 0.3) is 0 Å². The molecule has 2 bridgehead atoms. The van der Waals surface area contributed by atoms with Crippen molar-refractivity contribution in [1.82, 2.24) is 14.9 Å². The van der Waals surface area contributed by atoms with Gasteiger partial charge >= 0.3 is 12.3 Å². The standard InChI is InChI=1S/C11H11F3N4O2/c12-11(13,14)6-2-15-9(16-3-6)17-4-8-1-7(17)5-18(8)10(19)20/h2-3,7-8H,1,4-5H2,(H,19,20)/t7-,8-/m1/s1. The van der Waals surface area contributed by atoms with Gasteiger partial charge in [-0.15, -0.1) is 0 Å². The minimum Gasteiger partial charge on any atom is -0.465 e. The summed E-state index contributed by atoms with van der Waals surface area (Å²) in [5.74, 6) is 0.218. The Kier molecular flexibility index (Phi) is 2.73. The van der Waals surface area contributed by atoms with Crippen LogP contribution in [0.15, 0.2) is 12.4 Å². The molecule has 1 N–H and O–H groups in total. The molecule has 2 aliphatic heterocycles. The number of nitrogens with zero attached hydrogens (tertiary/aromatic N) is 4. The fourth-order valence-electron chi connectivity index (χ4n) is 2.76. The zero-order valence-electron chi connectivity index (χ0n) is 10.2. The Bertz CT molecular complexity index is 533. The number of carbonyl (C=O) groups is 1. The molecule has 2 atom stereocenters. The molecular formula is C11H11F3N4O2. The van der Waals surface area contributed by atoms with Crippen LogP contribution in [0.1, 0.15) is 12.0 Å². The molecule has 3 heterocycles. The highest BCUT2D eigenvalue weighted by atomic mass is 19.4. The first kappa shape index (κ1) is 12.9. The van der Waals surface area contributed by atoms with Gasteiger partial charge < -0.3 is 14.9 Å². The minimum absolute atomic E-state index is 0.0622. The number of alkyl halides is 3. The van der Waals surface area contributed by atoms with Gasteiger partial charge in [0.1, 0.15) is 0 Å². The number of carboxylic acid groups (broad SMARTS) is 1. The van der Waals surface area contributed by atoms with Gasteiger partial charge in [-0.3, -0.25) is 0 Å². The van der Waals surface area contributed by atoms with Crippen molar-refractivity contribution in [3.8, 4) is 0 Å². The normalized spacial score (nSPS) is 25.4. The fraction of sp³-hybridized carbons (Fsp3) is 0.545. The molecular weight excluding hydrogens is 277 g/mol. The highest BCUT2D eigenvalue weighted by Gasteiger charge is 2.46. The molecule has 3 rings (SSSR count). The summed E-state index contributed by atoms with van der Waals surface area (Å²) >= 11 is 0. The summed E-state index contributed by atoms with van der Waals surface area (Å²) in [6.45, 7) is 0.757. The van der Waals surface area contributed by atoms with E-state index in [4.69, 9.17) is 5.11 Å². The van der Waals surface area contributed by atoms with Crippen molar-refractivity contribution in [3.63, 3.8) is 0 Å². The molecule has 6 nitrogen and oxygen atoms in total. The lowest BCUT2D eigenvalue weighted by Crippen LogP contribution is -2.48. The molecule has 0 aliphatic carbocycles. The third-order valence-corrected chi connectivity index (χ3v) is 3.71. The second kappa shape index (κ2) is 4.22. The molecule has 0 saturated carbocycles. The summed E-state index contributed by atoms with van der Waals surface area (Å²) in [7, 11) is 0. The van der Waals surface area contributed by atoms with E-state index in [9.17, 15) is 18.0 Å². The molecule has 20 heavy (non-hydrogen) atoms. The quantitative estimate of drug-likeness (QED) is 0.846. The van der Waals surface area contributed by atoms with Crippen molar-refractivity contribution >= 4 is 12.0 Å². The van der Waals surface area contributed by atoms with Crippen molar-refractivity contribution < 1.29 is 23.1 Å². The minimum atomic E-state index is -4.46. The van der Waals surface area contributed by atoms with E-state index in [-0.39, 0.29) is 18.0 Å². The Hall–Kier alpha value is -2.06. The van der Waals surface area contributed by atoms with Gasteiger partial charge in [0.15, 0.2) is 0 Å². The van der Waals surface area contributed by atoms with Gasteiger partial charge in [0.05, 0.1) is 17.6 Å². The second-order valence-corrected chi connectivity index (χ2v) is 4.90. The first-order valence-electron chi connectivity index (χ1n) is 6.01. The Morgan fingerprint density at radius 1 is 1.25 bits per heavy atom. The summed E-state index contributed by atoms with van der Waals surface area (Å²) in [6.07, 6.45) is -3.25. The molecule has 0 spiro atoms. The van der Waals surface area contributed by atoms with E-state index in [0.29, 0.717) is 19.5 Å². The van der Waals surface area contributed by atoms with E-state index >= 15 is 0 Å². The SMILES string of the molecule is O=C(O)N1C[C@H]2C[C@@H]1CN2c1ncc(C(F)(F)F)cn1. The maximum atomic E-state index is 12.4. The number of hydrogen-bond donors (Lipinski definition) is 1. The topological polar surface area (TPSA) is 69.6 Å². The van der Waals surface area contributed by atoms with Crippen LogP contribution in [-0.2, 0) is 6.18 Å². The zero-order chi connectivity index (χ0) is 14.5. The molecule has 2 aliphatic rings. The number of amides is 1. The lowest BCUT2D eigenvalue weighted by Gasteiger charge is -2.32. The summed E-state index contributed by atoms with van der Waals surface area (Å²) < 4.78 is 37.3. The average Bonchev–Trinajstić information content (AvgIpc) is 2.97. The maximum absolute atomic E-state index is 12.4. The average molecular weight is 288 g/mol. The number of likely N-dealkylation sites (tertiary alicyclic amines) is 1. The number of hydrogen-bond acceptors (Lipinski definition) is 4. The van der Waals surface area contributed by atoms with Gasteiger partial charge in [0.2, 0.25) is 5.95 Å². The number of piperazine rings is 1. The van der Waals surface area contributed by atoms with E-state index in [1.807, 2.05) is 0 Å². The zero-order valence-corrected chi connectivity index (χ0v) is 10.2. The van der Waals surface area contributed by atoms with E-state index in [1.54, 1.807) is 4.90 Å². The molecule has 108 valence electrons. The van der Waals surface area contributed by atoms with Crippen molar-refractivity contribution in [2.75, 3.05) is 18.0 Å². The Labute approximate surface area is 111 Å². The van der Waals surface area contributed by atoms with E-state index in [0.717, 1.165) is 12.4 Å². The van der Waals surface area contributed by atoms with Crippen LogP contribution in [0.3, 0.4) is 0 Å². The smallest absolute Gasteiger partial charge is 0.419 e. The molecule has 2 saturated heterocycles. The number of anilines is 1. The van der Waals surface area contributed by atoms with Gasteiger partial charge in [-0.2, -0.15) is 13.2 Å². The van der Waals surface area contributed by atoms with Crippen LogP contribution in [0.5, 0.6) is 0 Å². The molecule has 2 fully saturated rings. The number of aromatic nitrogens is 2. The van der Waals surface area contributed by atoms with Gasteiger partial charge in [0, 0.05) is 25.5 Å². The van der Waals surface area contributed by atoms with Gasteiger partial charge in [-0.25, -0.2) is 14.8 Å². The highest BCUT2D eigenvalue weighted by Crippen LogP contribution is 2.34. The summed E-state index contributed by atoms with van der Waals surface area (Å²) in [5.41, 5.74) is -0.891. The second-order valence-electron chi connectivity index (χ2n) is 4.90. The molecule has 0 unspecified atom stereocenters. The van der Waals surface area contributed by atoms with Crippen molar-refractivity contribution in [2.24, 2.45) is 0 Å². The van der Waals surface area contributed by atoms with Crippen molar-refractivity contribution in [3.05, 3.63) is 18.0 Å². The number of fused-ring (bicyclic) bond motifs is 2. The van der Waals surface area contributed by atoms with E-state index in [1.165, 1.54) is 4.90 Å². The third-order valence-electron chi connectivity index (χ3n) is 3.71.